The van der Waals surface area contributed by atoms with Crippen molar-refractivity contribution in [3.05, 3.63) is 34.3 Å². The maximum Gasteiger partial charge on any atom is 0.0896 e. The van der Waals surface area contributed by atoms with Crippen molar-refractivity contribution in [1.29, 1.82) is 0 Å². The van der Waals surface area contributed by atoms with Gasteiger partial charge in [-0.1, -0.05) is 28.1 Å². The van der Waals surface area contributed by atoms with E-state index in [1.54, 1.807) is 0 Å². The zero-order valence-corrected chi connectivity index (χ0v) is 13.5. The summed E-state index contributed by atoms with van der Waals surface area (Å²) in [6.45, 7) is 7.21. The maximum atomic E-state index is 5.98. The second kappa shape index (κ2) is 6.84. The van der Waals surface area contributed by atoms with Gasteiger partial charge in [0.15, 0.2) is 0 Å². The number of nitrogens with one attached hydrogen (secondary N) is 1. The molecule has 2 unspecified atom stereocenters. The molecular weight excluding hydrogens is 304 g/mol. The molecule has 2 rings (SSSR count). The van der Waals surface area contributed by atoms with Crippen molar-refractivity contribution in [2.75, 3.05) is 26.7 Å². The Morgan fingerprint density at radius 1 is 1.37 bits per heavy atom. The lowest BCUT2D eigenvalue weighted by Crippen LogP contribution is -2.51. The Kier molecular flexibility index (Phi) is 5.39. The molecule has 1 saturated heterocycles. The first-order valence-electron chi connectivity index (χ1n) is 6.91. The first-order chi connectivity index (χ1) is 9.13. The highest BCUT2D eigenvalue weighted by Gasteiger charge is 2.34. The van der Waals surface area contributed by atoms with Crippen LogP contribution in [-0.2, 0) is 4.74 Å². The van der Waals surface area contributed by atoms with Gasteiger partial charge in [-0.15, -0.1) is 0 Å². The van der Waals surface area contributed by atoms with Crippen molar-refractivity contribution in [2.45, 2.75) is 32.0 Å². The molecule has 0 radical (unpaired) electrons. The third-order valence-electron chi connectivity index (χ3n) is 3.67. The van der Waals surface area contributed by atoms with Gasteiger partial charge >= 0.3 is 0 Å². The van der Waals surface area contributed by atoms with Crippen LogP contribution < -0.4 is 5.32 Å². The standard InChI is InChI=1S/C15H23BrN2O/c1-11(2)18-8-9-19-14(10-17-3)15(18)12-4-6-13(16)7-5-12/h4-7,11,14-15,17H,8-10H2,1-3H3. The summed E-state index contributed by atoms with van der Waals surface area (Å²) in [6.07, 6.45) is 0.210. The molecule has 1 aromatic rings. The lowest BCUT2D eigenvalue weighted by atomic mass is 9.96. The Hall–Kier alpha value is -0.420. The average Bonchev–Trinajstić information content (AvgIpc) is 2.40. The van der Waals surface area contributed by atoms with Gasteiger partial charge in [-0.05, 0) is 38.6 Å². The summed E-state index contributed by atoms with van der Waals surface area (Å²) in [6, 6.07) is 9.46. The summed E-state index contributed by atoms with van der Waals surface area (Å²) in [5.41, 5.74) is 1.33. The van der Waals surface area contributed by atoms with Gasteiger partial charge in [0, 0.05) is 23.6 Å². The van der Waals surface area contributed by atoms with Crippen molar-refractivity contribution in [2.24, 2.45) is 0 Å². The van der Waals surface area contributed by atoms with Crippen molar-refractivity contribution >= 4 is 15.9 Å². The normalized spacial score (nSPS) is 24.9. The average molecular weight is 327 g/mol. The number of hydrogen-bond donors (Lipinski definition) is 1. The zero-order chi connectivity index (χ0) is 13.8. The summed E-state index contributed by atoms with van der Waals surface area (Å²) in [7, 11) is 1.98. The molecule has 106 valence electrons. The Labute approximate surface area is 124 Å². The minimum Gasteiger partial charge on any atom is -0.374 e. The van der Waals surface area contributed by atoms with Crippen LogP contribution in [0.5, 0.6) is 0 Å². The summed E-state index contributed by atoms with van der Waals surface area (Å²) < 4.78 is 7.10. The van der Waals surface area contributed by atoms with E-state index in [1.807, 2.05) is 7.05 Å². The van der Waals surface area contributed by atoms with E-state index in [0.29, 0.717) is 12.1 Å². The SMILES string of the molecule is CNCC1OCCN(C(C)C)C1c1ccc(Br)cc1. The van der Waals surface area contributed by atoms with Crippen molar-refractivity contribution in [3.63, 3.8) is 0 Å². The molecule has 0 spiro atoms. The van der Waals surface area contributed by atoms with Gasteiger partial charge in [0.05, 0.1) is 18.8 Å². The molecule has 1 fully saturated rings. The summed E-state index contributed by atoms with van der Waals surface area (Å²) in [5.74, 6) is 0. The van der Waals surface area contributed by atoms with E-state index in [-0.39, 0.29) is 6.10 Å². The number of nitrogens with zero attached hydrogens (tertiary/aromatic N) is 1. The lowest BCUT2D eigenvalue weighted by molar-refractivity contribution is -0.0815. The molecule has 1 aliphatic heterocycles. The van der Waals surface area contributed by atoms with E-state index in [2.05, 4.69) is 64.3 Å². The highest BCUT2D eigenvalue weighted by molar-refractivity contribution is 9.10. The lowest BCUT2D eigenvalue weighted by Gasteiger charge is -2.43. The highest BCUT2D eigenvalue weighted by Crippen LogP contribution is 2.31. The van der Waals surface area contributed by atoms with E-state index in [4.69, 9.17) is 4.74 Å². The van der Waals surface area contributed by atoms with Gasteiger partial charge in [0.1, 0.15) is 0 Å². The van der Waals surface area contributed by atoms with Crippen LogP contribution in [0.2, 0.25) is 0 Å². The number of hydrogen-bond acceptors (Lipinski definition) is 3. The van der Waals surface area contributed by atoms with E-state index < -0.39 is 0 Å². The highest BCUT2D eigenvalue weighted by atomic mass is 79.9. The number of morpholine rings is 1. The van der Waals surface area contributed by atoms with Crippen molar-refractivity contribution < 1.29 is 4.74 Å². The van der Waals surface area contributed by atoms with Crippen LogP contribution in [0, 0.1) is 0 Å². The minimum atomic E-state index is 0.210. The molecule has 2 atom stereocenters. The Morgan fingerprint density at radius 3 is 2.63 bits per heavy atom. The first-order valence-corrected chi connectivity index (χ1v) is 7.70. The van der Waals surface area contributed by atoms with Gasteiger partial charge in [-0.3, -0.25) is 4.90 Å². The van der Waals surface area contributed by atoms with Crippen LogP contribution in [0.15, 0.2) is 28.7 Å². The molecule has 0 bridgehead atoms. The third kappa shape index (κ3) is 3.57. The second-order valence-corrected chi connectivity index (χ2v) is 6.21. The van der Waals surface area contributed by atoms with Gasteiger partial charge in [0.2, 0.25) is 0 Å². The monoisotopic (exact) mass is 326 g/mol. The minimum absolute atomic E-state index is 0.210. The van der Waals surface area contributed by atoms with Crippen molar-refractivity contribution in [3.8, 4) is 0 Å². The molecule has 0 amide bonds. The predicted molar refractivity (Wildman–Crippen MR) is 82.4 cm³/mol. The fourth-order valence-electron chi connectivity index (χ4n) is 2.77. The smallest absolute Gasteiger partial charge is 0.0896 e. The molecule has 0 saturated carbocycles. The molecule has 1 aromatic carbocycles. The molecule has 0 aliphatic carbocycles. The van der Waals surface area contributed by atoms with E-state index in [1.165, 1.54) is 5.56 Å². The number of halogens is 1. The molecule has 1 N–H and O–H groups in total. The summed E-state index contributed by atoms with van der Waals surface area (Å²) >= 11 is 3.50. The largest absolute Gasteiger partial charge is 0.374 e. The number of benzene rings is 1. The molecule has 0 aromatic heterocycles. The van der Waals surface area contributed by atoms with Gasteiger partial charge < -0.3 is 10.1 Å². The number of ether oxygens (including phenoxy) is 1. The third-order valence-corrected chi connectivity index (χ3v) is 4.20. The maximum absolute atomic E-state index is 5.98. The fraction of sp³-hybridized carbons (Fsp3) is 0.600. The molecule has 1 heterocycles. The first kappa shape index (κ1) is 15.0. The Balaban J connectivity index is 2.28. The zero-order valence-electron chi connectivity index (χ0n) is 11.9. The van der Waals surface area contributed by atoms with Crippen LogP contribution in [0.4, 0.5) is 0 Å². The van der Waals surface area contributed by atoms with Crippen LogP contribution in [-0.4, -0.2) is 43.8 Å². The number of rotatable bonds is 4. The second-order valence-electron chi connectivity index (χ2n) is 5.29. The predicted octanol–water partition coefficient (Wildman–Crippen LogP) is 2.82. The summed E-state index contributed by atoms with van der Waals surface area (Å²) in [4.78, 5) is 2.54. The molecule has 4 heteroatoms. The Bertz CT molecular complexity index is 392. The van der Waals surface area contributed by atoms with Crippen LogP contribution in [0.25, 0.3) is 0 Å². The molecule has 3 nitrogen and oxygen atoms in total. The van der Waals surface area contributed by atoms with E-state index in [9.17, 15) is 0 Å². The molecular formula is C15H23BrN2O. The van der Waals surface area contributed by atoms with E-state index >= 15 is 0 Å². The molecule has 1 aliphatic rings. The van der Waals surface area contributed by atoms with Crippen LogP contribution in [0.1, 0.15) is 25.5 Å². The van der Waals surface area contributed by atoms with Gasteiger partial charge in [-0.25, -0.2) is 0 Å². The van der Waals surface area contributed by atoms with Gasteiger partial charge in [-0.2, -0.15) is 0 Å². The number of likely N-dealkylation sites (N-methyl/N-ethyl adjacent to an activating group) is 1. The fourth-order valence-corrected chi connectivity index (χ4v) is 3.03. The van der Waals surface area contributed by atoms with Crippen LogP contribution in [0.3, 0.4) is 0 Å². The van der Waals surface area contributed by atoms with Gasteiger partial charge in [0.25, 0.3) is 0 Å². The quantitative estimate of drug-likeness (QED) is 0.920. The topological polar surface area (TPSA) is 24.5 Å². The van der Waals surface area contributed by atoms with Crippen molar-refractivity contribution in [1.82, 2.24) is 10.2 Å². The molecule has 19 heavy (non-hydrogen) atoms. The van der Waals surface area contributed by atoms with Crippen LogP contribution >= 0.6 is 15.9 Å². The van der Waals surface area contributed by atoms with E-state index in [0.717, 1.165) is 24.2 Å². The summed E-state index contributed by atoms with van der Waals surface area (Å²) in [5, 5.41) is 3.25. The Morgan fingerprint density at radius 2 is 2.05 bits per heavy atom.